The first-order chi connectivity index (χ1) is 20.9. The fourth-order valence-electron chi connectivity index (χ4n) is 6.41. The molecule has 0 saturated carbocycles. The lowest BCUT2D eigenvalue weighted by Gasteiger charge is -2.44. The summed E-state index contributed by atoms with van der Waals surface area (Å²) in [4.78, 5) is 40.3. The van der Waals surface area contributed by atoms with E-state index in [1.54, 1.807) is 19.2 Å². The molecule has 3 aliphatic heterocycles. The molecule has 43 heavy (non-hydrogen) atoms. The topological polar surface area (TPSA) is 97.3 Å². The van der Waals surface area contributed by atoms with E-state index >= 15 is 0 Å². The molecule has 222 valence electrons. The van der Waals surface area contributed by atoms with Crippen LogP contribution in [0.4, 0.5) is 15.8 Å². The maximum Gasteiger partial charge on any atom is 0.313 e. The lowest BCUT2D eigenvalue weighted by atomic mass is 10.0. The van der Waals surface area contributed by atoms with E-state index in [9.17, 15) is 14.0 Å². The van der Waals surface area contributed by atoms with Crippen LogP contribution in [-0.4, -0.2) is 79.2 Å². The summed E-state index contributed by atoms with van der Waals surface area (Å²) < 4.78 is 30.4. The van der Waals surface area contributed by atoms with Crippen molar-refractivity contribution in [1.29, 1.82) is 0 Å². The minimum Gasteiger partial charge on any atom is -0.497 e. The number of ether oxygens (including phenoxy) is 3. The molecule has 3 aliphatic rings. The van der Waals surface area contributed by atoms with Crippen molar-refractivity contribution < 1.29 is 28.2 Å². The number of anilines is 2. The molecule has 0 aliphatic carbocycles. The van der Waals surface area contributed by atoms with Gasteiger partial charge in [0.2, 0.25) is 5.95 Å². The van der Waals surface area contributed by atoms with Crippen LogP contribution in [0.5, 0.6) is 17.4 Å². The van der Waals surface area contributed by atoms with Gasteiger partial charge >= 0.3 is 11.9 Å². The van der Waals surface area contributed by atoms with Gasteiger partial charge in [0.05, 0.1) is 42.4 Å². The highest BCUT2D eigenvalue weighted by molar-refractivity contribution is 5.95. The minimum atomic E-state index is -0.511. The van der Waals surface area contributed by atoms with E-state index in [4.69, 9.17) is 14.2 Å². The Balaban J connectivity index is 1.06. The summed E-state index contributed by atoms with van der Waals surface area (Å²) in [5, 5.41) is 1.68. The number of methoxy groups -OCH3 is 1. The zero-order valence-electron chi connectivity index (χ0n) is 23.9. The minimum absolute atomic E-state index is 0.00601. The predicted molar refractivity (Wildman–Crippen MR) is 160 cm³/mol. The van der Waals surface area contributed by atoms with Gasteiger partial charge < -0.3 is 24.0 Å². The average molecular weight is 586 g/mol. The maximum atomic E-state index is 13.9. The van der Waals surface area contributed by atoms with E-state index in [-0.39, 0.29) is 24.5 Å². The van der Waals surface area contributed by atoms with E-state index in [1.165, 1.54) is 6.07 Å². The molecule has 0 unspecified atom stereocenters. The lowest BCUT2D eigenvalue weighted by molar-refractivity contribution is -0.142. The van der Waals surface area contributed by atoms with Gasteiger partial charge in [0, 0.05) is 62.1 Å². The first-order valence-corrected chi connectivity index (χ1v) is 14.7. The monoisotopic (exact) mass is 585 g/mol. The second-order valence-electron chi connectivity index (χ2n) is 11.2. The van der Waals surface area contributed by atoms with Gasteiger partial charge in [-0.15, -0.1) is 0 Å². The number of carbonyl (C=O) groups excluding carboxylic acids is 2. The number of pyridine rings is 2. The van der Waals surface area contributed by atoms with Gasteiger partial charge in [-0.05, 0) is 43.2 Å². The largest absolute Gasteiger partial charge is 0.497 e. The Kier molecular flexibility index (Phi) is 7.18. The Labute approximate surface area is 247 Å². The second kappa shape index (κ2) is 11.3. The quantitative estimate of drug-likeness (QED) is 0.254. The molecule has 0 radical (unpaired) electrons. The second-order valence-corrected chi connectivity index (χ2v) is 11.2. The number of carbonyl (C=O) groups is 2. The van der Waals surface area contributed by atoms with Crippen molar-refractivity contribution in [3.05, 3.63) is 54.5 Å². The molecule has 0 atom stereocenters. The summed E-state index contributed by atoms with van der Waals surface area (Å²) in [5.74, 6) is -0.662. The van der Waals surface area contributed by atoms with Gasteiger partial charge in [-0.25, -0.2) is 9.97 Å². The molecule has 2 fully saturated rings. The summed E-state index contributed by atoms with van der Waals surface area (Å²) in [6.45, 7) is 5.15. The Morgan fingerprint density at radius 3 is 2.28 bits per heavy atom. The standard InChI is InChI=1S/C32H32FN5O5/c1-41-23-17-21-18-26-32(43-29(40)8-7-28(39)42-26)35-31(21)25(19-23)38-15-13-36(14-16-38)22-9-11-37(12-10-22)24-4-2-3-20-5-6-27(33)34-30(20)24/h2-6,17-19,22H,7-16H2,1H3. The van der Waals surface area contributed by atoms with Crippen LogP contribution >= 0.6 is 0 Å². The molecule has 0 bridgehead atoms. The number of aromatic nitrogens is 2. The zero-order chi connectivity index (χ0) is 29.5. The first-order valence-electron chi connectivity index (χ1n) is 14.7. The van der Waals surface area contributed by atoms with Crippen molar-refractivity contribution >= 4 is 45.1 Å². The first kappa shape index (κ1) is 27.3. The SMILES string of the molecule is COc1cc(N2CCN(C3CCN(c4cccc5ccc(F)nc45)CC3)CC2)c2nc3c(cc2c1)OC(=O)CCC(=O)O3. The number of rotatable bonds is 4. The molecule has 2 saturated heterocycles. The number of para-hydroxylation sites is 1. The van der Waals surface area contributed by atoms with Gasteiger partial charge in [0.15, 0.2) is 5.75 Å². The van der Waals surface area contributed by atoms with Crippen molar-refractivity contribution in [2.75, 3.05) is 56.2 Å². The summed E-state index contributed by atoms with van der Waals surface area (Å²) in [6, 6.07) is 15.1. The molecule has 7 rings (SSSR count). The highest BCUT2D eigenvalue weighted by Gasteiger charge is 2.30. The molecule has 5 heterocycles. The number of nitrogens with zero attached hydrogens (tertiary/aromatic N) is 5. The van der Waals surface area contributed by atoms with Gasteiger partial charge in [-0.3, -0.25) is 14.5 Å². The number of benzene rings is 2. The maximum absolute atomic E-state index is 13.9. The highest BCUT2D eigenvalue weighted by Crippen LogP contribution is 2.38. The molecule has 2 aromatic carbocycles. The van der Waals surface area contributed by atoms with E-state index in [2.05, 4.69) is 24.7 Å². The van der Waals surface area contributed by atoms with Gasteiger partial charge in [-0.1, -0.05) is 12.1 Å². The fourth-order valence-corrected chi connectivity index (χ4v) is 6.41. The molecule has 0 spiro atoms. The van der Waals surface area contributed by atoms with Crippen LogP contribution in [0.15, 0.2) is 48.5 Å². The van der Waals surface area contributed by atoms with Crippen LogP contribution in [-0.2, 0) is 9.59 Å². The Bertz CT molecular complexity index is 1720. The number of hydrogen-bond donors (Lipinski definition) is 0. The predicted octanol–water partition coefficient (Wildman–Crippen LogP) is 4.33. The Morgan fingerprint density at radius 2 is 1.51 bits per heavy atom. The van der Waals surface area contributed by atoms with Crippen LogP contribution in [0, 0.1) is 5.95 Å². The molecule has 4 aromatic rings. The fraction of sp³-hybridized carbons (Fsp3) is 0.375. The van der Waals surface area contributed by atoms with E-state index in [0.717, 1.165) is 74.3 Å². The molecular formula is C32H32FN5O5. The third-order valence-electron chi connectivity index (χ3n) is 8.65. The summed E-state index contributed by atoms with van der Waals surface area (Å²) in [6.07, 6.45) is 1.95. The van der Waals surface area contributed by atoms with E-state index < -0.39 is 17.9 Å². The molecule has 0 N–H and O–H groups in total. The van der Waals surface area contributed by atoms with E-state index in [1.807, 2.05) is 30.3 Å². The molecule has 0 amide bonds. The zero-order valence-corrected chi connectivity index (χ0v) is 23.9. The highest BCUT2D eigenvalue weighted by atomic mass is 19.1. The van der Waals surface area contributed by atoms with Crippen LogP contribution in [0.3, 0.4) is 0 Å². The molecule has 11 heteroatoms. The molecule has 10 nitrogen and oxygen atoms in total. The summed E-state index contributed by atoms with van der Waals surface area (Å²) in [7, 11) is 1.61. The van der Waals surface area contributed by atoms with Crippen molar-refractivity contribution in [3.8, 4) is 17.4 Å². The van der Waals surface area contributed by atoms with Gasteiger partial charge in [0.25, 0.3) is 5.88 Å². The lowest BCUT2D eigenvalue weighted by Crippen LogP contribution is -2.53. The van der Waals surface area contributed by atoms with Crippen molar-refractivity contribution in [2.24, 2.45) is 0 Å². The van der Waals surface area contributed by atoms with Crippen LogP contribution in [0.1, 0.15) is 25.7 Å². The van der Waals surface area contributed by atoms with Crippen LogP contribution in [0.2, 0.25) is 0 Å². The number of piperazine rings is 1. The molecular weight excluding hydrogens is 553 g/mol. The normalized spacial score (nSPS) is 18.7. The molecule has 2 aromatic heterocycles. The van der Waals surface area contributed by atoms with Crippen molar-refractivity contribution in [2.45, 2.75) is 31.7 Å². The van der Waals surface area contributed by atoms with Crippen LogP contribution < -0.4 is 24.0 Å². The average Bonchev–Trinajstić information content (AvgIpc) is 3.03. The third kappa shape index (κ3) is 5.40. The third-order valence-corrected chi connectivity index (χ3v) is 8.65. The smallest absolute Gasteiger partial charge is 0.313 e. The van der Waals surface area contributed by atoms with Gasteiger partial charge in [-0.2, -0.15) is 4.39 Å². The number of hydrogen-bond acceptors (Lipinski definition) is 10. The Hall–Kier alpha value is -4.51. The van der Waals surface area contributed by atoms with Crippen LogP contribution in [0.25, 0.3) is 21.8 Å². The summed E-state index contributed by atoms with van der Waals surface area (Å²) in [5.41, 5.74) is 3.25. The summed E-state index contributed by atoms with van der Waals surface area (Å²) >= 11 is 0. The number of piperidine rings is 1. The van der Waals surface area contributed by atoms with Crippen molar-refractivity contribution in [3.63, 3.8) is 0 Å². The van der Waals surface area contributed by atoms with Crippen molar-refractivity contribution in [1.82, 2.24) is 14.9 Å². The number of halogens is 1. The number of fused-ring (bicyclic) bond motifs is 3. The van der Waals surface area contributed by atoms with E-state index in [0.29, 0.717) is 22.8 Å². The Morgan fingerprint density at radius 1 is 0.791 bits per heavy atom. The number of esters is 2. The van der Waals surface area contributed by atoms with Gasteiger partial charge in [0.1, 0.15) is 5.75 Å².